The van der Waals surface area contributed by atoms with Gasteiger partial charge in [0.15, 0.2) is 0 Å². The largest absolute Gasteiger partial charge is 0.489 e. The van der Waals surface area contributed by atoms with Crippen LogP contribution in [0.2, 0.25) is 0 Å². The fourth-order valence-electron chi connectivity index (χ4n) is 2.40. The van der Waals surface area contributed by atoms with Crippen LogP contribution in [-0.4, -0.2) is 16.9 Å². The standard InChI is InChI=1S/C20H17F3N2O2S/c1-11(2)24-19(26)18-10-28-20(25-18)15-6-5-14(8-17(15)23)27-9-12-3-4-13(21)7-16(12)22/h3-8,10-11H,9H2,1-2H3,(H,24,26). The van der Waals surface area contributed by atoms with Crippen LogP contribution in [0, 0.1) is 17.5 Å². The van der Waals surface area contributed by atoms with Gasteiger partial charge in [-0.05, 0) is 38.1 Å². The molecule has 0 aliphatic rings. The van der Waals surface area contributed by atoms with Crippen molar-refractivity contribution in [3.63, 3.8) is 0 Å². The zero-order valence-electron chi connectivity index (χ0n) is 15.1. The van der Waals surface area contributed by atoms with Crippen molar-refractivity contribution in [3.05, 3.63) is 70.5 Å². The lowest BCUT2D eigenvalue weighted by Crippen LogP contribution is -2.30. The van der Waals surface area contributed by atoms with E-state index in [1.807, 2.05) is 13.8 Å². The molecule has 0 spiro atoms. The molecule has 0 unspecified atom stereocenters. The molecule has 0 aliphatic heterocycles. The van der Waals surface area contributed by atoms with Gasteiger partial charge < -0.3 is 10.1 Å². The number of nitrogens with zero attached hydrogens (tertiary/aromatic N) is 1. The maximum Gasteiger partial charge on any atom is 0.270 e. The minimum absolute atomic E-state index is 0.0308. The molecule has 8 heteroatoms. The van der Waals surface area contributed by atoms with Gasteiger partial charge in [0.2, 0.25) is 0 Å². The predicted octanol–water partition coefficient (Wildman–Crippen LogP) is 4.94. The van der Waals surface area contributed by atoms with Crippen molar-refractivity contribution < 1.29 is 22.7 Å². The van der Waals surface area contributed by atoms with Crippen molar-refractivity contribution >= 4 is 17.2 Å². The van der Waals surface area contributed by atoms with Crippen molar-refractivity contribution in [2.75, 3.05) is 0 Å². The van der Waals surface area contributed by atoms with Crippen LogP contribution in [-0.2, 0) is 6.61 Å². The average Bonchev–Trinajstić information content (AvgIpc) is 3.10. The molecule has 0 aliphatic carbocycles. The third-order valence-corrected chi connectivity index (χ3v) is 4.61. The number of hydrogen-bond donors (Lipinski definition) is 1. The van der Waals surface area contributed by atoms with E-state index in [-0.39, 0.29) is 41.1 Å². The lowest BCUT2D eigenvalue weighted by molar-refractivity contribution is 0.0939. The number of ether oxygens (including phenoxy) is 1. The third-order valence-electron chi connectivity index (χ3n) is 3.74. The maximum absolute atomic E-state index is 14.5. The smallest absolute Gasteiger partial charge is 0.270 e. The van der Waals surface area contributed by atoms with Gasteiger partial charge in [0.25, 0.3) is 5.91 Å². The van der Waals surface area contributed by atoms with Crippen LogP contribution in [0.25, 0.3) is 10.6 Å². The second kappa shape index (κ2) is 8.43. The summed E-state index contributed by atoms with van der Waals surface area (Å²) in [5, 5.41) is 4.65. The molecule has 1 aromatic heterocycles. The van der Waals surface area contributed by atoms with Crippen LogP contribution >= 0.6 is 11.3 Å². The molecule has 146 valence electrons. The van der Waals surface area contributed by atoms with E-state index in [0.717, 1.165) is 29.5 Å². The summed E-state index contributed by atoms with van der Waals surface area (Å²) in [7, 11) is 0. The van der Waals surface area contributed by atoms with Crippen LogP contribution in [0.4, 0.5) is 13.2 Å². The van der Waals surface area contributed by atoms with Gasteiger partial charge in [-0.1, -0.05) is 0 Å². The summed E-state index contributed by atoms with van der Waals surface area (Å²) >= 11 is 1.15. The SMILES string of the molecule is CC(C)NC(=O)c1csc(-c2ccc(OCc3ccc(F)cc3F)cc2F)n1. The van der Waals surface area contributed by atoms with Crippen molar-refractivity contribution in [2.24, 2.45) is 0 Å². The first-order valence-electron chi connectivity index (χ1n) is 8.46. The summed E-state index contributed by atoms with van der Waals surface area (Å²) in [4.78, 5) is 16.2. The second-order valence-corrected chi connectivity index (χ2v) is 7.19. The zero-order chi connectivity index (χ0) is 20.3. The highest BCUT2D eigenvalue weighted by Crippen LogP contribution is 2.29. The van der Waals surface area contributed by atoms with Gasteiger partial charge in [-0.2, -0.15) is 0 Å². The molecule has 28 heavy (non-hydrogen) atoms. The highest BCUT2D eigenvalue weighted by molar-refractivity contribution is 7.13. The van der Waals surface area contributed by atoms with Gasteiger partial charge in [-0.3, -0.25) is 4.79 Å². The second-order valence-electron chi connectivity index (χ2n) is 6.33. The lowest BCUT2D eigenvalue weighted by Gasteiger charge is -2.09. The van der Waals surface area contributed by atoms with Gasteiger partial charge in [0.05, 0.1) is 0 Å². The summed E-state index contributed by atoms with van der Waals surface area (Å²) in [5.74, 6) is -2.12. The molecule has 4 nitrogen and oxygen atoms in total. The summed E-state index contributed by atoms with van der Waals surface area (Å²) in [5.41, 5.74) is 0.612. The summed E-state index contributed by atoms with van der Waals surface area (Å²) in [6.45, 7) is 3.50. The van der Waals surface area contributed by atoms with Gasteiger partial charge in [0.1, 0.15) is 40.5 Å². The Bertz CT molecular complexity index is 1000. The third kappa shape index (κ3) is 4.69. The monoisotopic (exact) mass is 406 g/mol. The van der Waals surface area contributed by atoms with Gasteiger partial charge in [-0.15, -0.1) is 11.3 Å². The number of nitrogens with one attached hydrogen (secondary N) is 1. The van der Waals surface area contributed by atoms with Crippen molar-refractivity contribution in [2.45, 2.75) is 26.5 Å². The Morgan fingerprint density at radius 1 is 1.14 bits per heavy atom. The molecule has 0 saturated carbocycles. The molecule has 0 saturated heterocycles. The molecule has 0 radical (unpaired) electrons. The van der Waals surface area contributed by atoms with Crippen molar-refractivity contribution in [1.29, 1.82) is 0 Å². The number of aromatic nitrogens is 1. The van der Waals surface area contributed by atoms with E-state index in [1.165, 1.54) is 18.2 Å². The van der Waals surface area contributed by atoms with E-state index in [0.29, 0.717) is 5.01 Å². The number of carbonyl (C=O) groups is 1. The first kappa shape index (κ1) is 19.9. The summed E-state index contributed by atoms with van der Waals surface area (Å²) in [6, 6.07) is 7.29. The van der Waals surface area contributed by atoms with E-state index in [9.17, 15) is 18.0 Å². The normalized spacial score (nSPS) is 10.9. The van der Waals surface area contributed by atoms with Gasteiger partial charge >= 0.3 is 0 Å². The van der Waals surface area contributed by atoms with Crippen LogP contribution in [0.5, 0.6) is 5.75 Å². The van der Waals surface area contributed by atoms with E-state index < -0.39 is 17.5 Å². The van der Waals surface area contributed by atoms with Crippen LogP contribution in [0.15, 0.2) is 41.8 Å². The Kier molecular flexibility index (Phi) is 5.99. The maximum atomic E-state index is 14.5. The Balaban J connectivity index is 1.72. The summed E-state index contributed by atoms with van der Waals surface area (Å²) < 4.78 is 46.4. The quantitative estimate of drug-likeness (QED) is 0.631. The molecule has 2 aromatic carbocycles. The molecule has 3 aromatic rings. The highest BCUT2D eigenvalue weighted by Gasteiger charge is 2.15. The van der Waals surface area contributed by atoms with E-state index in [1.54, 1.807) is 5.38 Å². The van der Waals surface area contributed by atoms with Crippen molar-refractivity contribution in [1.82, 2.24) is 10.3 Å². The topological polar surface area (TPSA) is 51.2 Å². The van der Waals surface area contributed by atoms with Crippen LogP contribution in [0.3, 0.4) is 0 Å². The first-order chi connectivity index (χ1) is 13.3. The number of benzene rings is 2. The molecular formula is C20H17F3N2O2S. The Hall–Kier alpha value is -2.87. The summed E-state index contributed by atoms with van der Waals surface area (Å²) in [6.07, 6.45) is 0. The number of thiazole rings is 1. The van der Waals surface area contributed by atoms with E-state index >= 15 is 0 Å². The van der Waals surface area contributed by atoms with Gasteiger partial charge in [0, 0.05) is 34.7 Å². The molecule has 1 amide bonds. The molecule has 0 fully saturated rings. The molecule has 0 bridgehead atoms. The fourth-order valence-corrected chi connectivity index (χ4v) is 3.22. The van der Waals surface area contributed by atoms with E-state index in [4.69, 9.17) is 4.74 Å². The molecular weight excluding hydrogens is 389 g/mol. The number of halogens is 3. The predicted molar refractivity (Wildman–Crippen MR) is 101 cm³/mol. The number of amides is 1. The molecule has 1 heterocycles. The highest BCUT2D eigenvalue weighted by atomic mass is 32.1. The lowest BCUT2D eigenvalue weighted by atomic mass is 10.2. The zero-order valence-corrected chi connectivity index (χ0v) is 15.9. The minimum Gasteiger partial charge on any atom is -0.489 e. The minimum atomic E-state index is -0.730. The van der Waals surface area contributed by atoms with Gasteiger partial charge in [-0.25, -0.2) is 18.2 Å². The number of rotatable bonds is 6. The average molecular weight is 406 g/mol. The van der Waals surface area contributed by atoms with Crippen molar-refractivity contribution in [3.8, 4) is 16.3 Å². The van der Waals surface area contributed by atoms with Crippen LogP contribution in [0.1, 0.15) is 29.9 Å². The molecule has 3 rings (SSSR count). The van der Waals surface area contributed by atoms with E-state index in [2.05, 4.69) is 10.3 Å². The first-order valence-corrected chi connectivity index (χ1v) is 9.34. The van der Waals surface area contributed by atoms with Crippen LogP contribution < -0.4 is 10.1 Å². The Morgan fingerprint density at radius 2 is 1.93 bits per heavy atom. The fraction of sp³-hybridized carbons (Fsp3) is 0.200. The number of carbonyl (C=O) groups excluding carboxylic acids is 1. The number of hydrogen-bond acceptors (Lipinski definition) is 4. The Labute approximate surface area is 164 Å². The molecule has 1 N–H and O–H groups in total. The molecule has 0 atom stereocenters. The Morgan fingerprint density at radius 3 is 2.61 bits per heavy atom.